The average molecular weight is 445 g/mol. The van der Waals surface area contributed by atoms with Crippen molar-refractivity contribution >= 4 is 33.1 Å². The van der Waals surface area contributed by atoms with Gasteiger partial charge in [0.25, 0.3) is 0 Å². The van der Waals surface area contributed by atoms with E-state index in [1.807, 2.05) is 24.3 Å². The third-order valence-electron chi connectivity index (χ3n) is 5.80. The van der Waals surface area contributed by atoms with Crippen LogP contribution in [0.3, 0.4) is 0 Å². The largest absolute Gasteiger partial charge is 0.486 e. The van der Waals surface area contributed by atoms with Crippen molar-refractivity contribution in [2.75, 3.05) is 46.0 Å². The van der Waals surface area contributed by atoms with Crippen LogP contribution in [0.25, 0.3) is 0 Å². The number of ether oxygens (including phenoxy) is 3. The number of likely N-dealkylation sites (tertiary alicyclic amines) is 1. The van der Waals surface area contributed by atoms with Crippen LogP contribution in [0.1, 0.15) is 19.3 Å². The Hall–Kier alpha value is -1.29. The number of aliphatic hydroxyl groups is 1. The fraction of sp³-hybridized carbons (Fsp3) is 0.650. The predicted molar refractivity (Wildman–Crippen MR) is 120 cm³/mol. The number of carbonyl (C=O) groups is 1. The molecule has 4 rings (SSSR count). The fourth-order valence-electron chi connectivity index (χ4n) is 4.13. The number of hydrogen-bond donors (Lipinski definition) is 1. The van der Waals surface area contributed by atoms with Crippen LogP contribution >= 0.6 is 27.0 Å². The molecule has 1 amide bonds. The maximum absolute atomic E-state index is 11.7. The molecular weight excluding hydrogens is 412 g/mol. The first-order valence-corrected chi connectivity index (χ1v) is 9.88. The van der Waals surface area contributed by atoms with Crippen LogP contribution in [0.15, 0.2) is 24.3 Å². The van der Waals surface area contributed by atoms with Gasteiger partial charge in [0.2, 0.25) is 0 Å². The van der Waals surface area contributed by atoms with Crippen LogP contribution in [0.5, 0.6) is 11.5 Å². The molecule has 1 aromatic carbocycles. The number of hydrogen-bond acceptors (Lipinski definition) is 6. The lowest BCUT2D eigenvalue weighted by Gasteiger charge is -2.36. The highest BCUT2D eigenvalue weighted by Gasteiger charge is 2.33. The Bertz CT molecular complexity index is 658. The lowest BCUT2D eigenvalue weighted by molar-refractivity contribution is 0.0464. The molecule has 164 valence electrons. The summed E-state index contributed by atoms with van der Waals surface area (Å²) in [5.74, 6) is 2.27. The second kappa shape index (κ2) is 11.2. The van der Waals surface area contributed by atoms with Crippen LogP contribution in [0, 0.1) is 5.92 Å². The SMILES string of the molecule is O=C1OC[C@H](CO)N1CCC1CCN(C[C@H]2COc3ccccc3O2)CC1.S.S. The van der Waals surface area contributed by atoms with E-state index in [0.717, 1.165) is 50.4 Å². The standard InChI is InChI=1S/C20H28N2O5.2H2S/c23-12-16-13-26-20(24)22(16)10-7-15-5-8-21(9-6-15)11-17-14-25-18-3-1-2-4-19(18)27-17;;/h1-4,15-17,23H,5-14H2;2*1H2/t16-,17-;;/m0../s1. The molecule has 29 heavy (non-hydrogen) atoms. The zero-order chi connectivity index (χ0) is 18.6. The minimum absolute atomic E-state index is 0. The van der Waals surface area contributed by atoms with Gasteiger partial charge >= 0.3 is 6.09 Å². The van der Waals surface area contributed by atoms with Gasteiger partial charge in [-0.2, -0.15) is 27.0 Å². The van der Waals surface area contributed by atoms with Crippen molar-refractivity contribution in [1.82, 2.24) is 9.80 Å². The molecule has 9 heteroatoms. The van der Waals surface area contributed by atoms with E-state index in [0.29, 0.717) is 25.7 Å². The van der Waals surface area contributed by atoms with Crippen molar-refractivity contribution in [2.45, 2.75) is 31.4 Å². The summed E-state index contributed by atoms with van der Waals surface area (Å²) < 4.78 is 16.9. The topological polar surface area (TPSA) is 71.5 Å². The molecule has 2 atom stereocenters. The zero-order valence-corrected chi connectivity index (χ0v) is 18.6. The number of carbonyl (C=O) groups excluding carboxylic acids is 1. The van der Waals surface area contributed by atoms with E-state index in [9.17, 15) is 9.90 Å². The Morgan fingerprint density at radius 1 is 1.03 bits per heavy atom. The number of rotatable bonds is 6. The van der Waals surface area contributed by atoms with Crippen molar-refractivity contribution in [3.63, 3.8) is 0 Å². The third-order valence-corrected chi connectivity index (χ3v) is 5.80. The highest BCUT2D eigenvalue weighted by molar-refractivity contribution is 7.59. The van der Waals surface area contributed by atoms with Crippen LogP contribution in [-0.4, -0.2) is 79.1 Å². The highest BCUT2D eigenvalue weighted by atomic mass is 32.1. The maximum Gasteiger partial charge on any atom is 0.410 e. The Morgan fingerprint density at radius 3 is 2.48 bits per heavy atom. The van der Waals surface area contributed by atoms with Crippen LogP contribution in [-0.2, 0) is 4.74 Å². The Balaban J connectivity index is 0.00000150. The van der Waals surface area contributed by atoms with Gasteiger partial charge in [-0.1, -0.05) is 12.1 Å². The van der Waals surface area contributed by atoms with Gasteiger partial charge in [0.05, 0.1) is 12.6 Å². The smallest absolute Gasteiger partial charge is 0.410 e. The summed E-state index contributed by atoms with van der Waals surface area (Å²) in [6.07, 6.45) is 2.99. The Kier molecular flexibility index (Phi) is 9.26. The second-order valence-electron chi connectivity index (χ2n) is 7.64. The van der Waals surface area contributed by atoms with E-state index < -0.39 is 0 Å². The van der Waals surface area contributed by atoms with Gasteiger partial charge in [-0.25, -0.2) is 4.79 Å². The second-order valence-corrected chi connectivity index (χ2v) is 7.64. The van der Waals surface area contributed by atoms with E-state index in [1.54, 1.807) is 4.90 Å². The molecule has 0 saturated carbocycles. The Morgan fingerprint density at radius 2 is 1.76 bits per heavy atom. The number of para-hydroxylation sites is 2. The van der Waals surface area contributed by atoms with Crippen LogP contribution in [0.4, 0.5) is 4.79 Å². The first-order chi connectivity index (χ1) is 13.2. The molecular formula is C20H32N2O5S2. The van der Waals surface area contributed by atoms with Crippen molar-refractivity contribution < 1.29 is 24.1 Å². The first-order valence-electron chi connectivity index (χ1n) is 9.88. The number of benzene rings is 1. The summed E-state index contributed by atoms with van der Waals surface area (Å²) in [7, 11) is 0. The molecule has 0 radical (unpaired) electrons. The summed E-state index contributed by atoms with van der Waals surface area (Å²) in [6, 6.07) is 7.64. The molecule has 2 fully saturated rings. The van der Waals surface area contributed by atoms with Gasteiger partial charge in [0.1, 0.15) is 19.3 Å². The number of nitrogens with zero attached hydrogens (tertiary/aromatic N) is 2. The summed E-state index contributed by atoms with van der Waals surface area (Å²) >= 11 is 0. The van der Waals surface area contributed by atoms with Gasteiger partial charge in [-0.05, 0) is 50.4 Å². The average Bonchev–Trinajstić information content (AvgIpc) is 3.07. The number of aliphatic hydroxyl groups excluding tert-OH is 1. The molecule has 3 aliphatic rings. The molecule has 0 bridgehead atoms. The van der Waals surface area contributed by atoms with E-state index in [4.69, 9.17) is 14.2 Å². The highest BCUT2D eigenvalue weighted by Crippen LogP contribution is 2.31. The molecule has 3 heterocycles. The van der Waals surface area contributed by atoms with E-state index in [2.05, 4.69) is 4.90 Å². The minimum Gasteiger partial charge on any atom is -0.486 e. The van der Waals surface area contributed by atoms with Crippen molar-refractivity contribution in [3.8, 4) is 11.5 Å². The molecule has 0 aliphatic carbocycles. The van der Waals surface area contributed by atoms with Crippen molar-refractivity contribution in [3.05, 3.63) is 24.3 Å². The number of fused-ring (bicyclic) bond motifs is 1. The quantitative estimate of drug-likeness (QED) is 0.723. The summed E-state index contributed by atoms with van der Waals surface area (Å²) in [6.45, 7) is 4.50. The zero-order valence-electron chi connectivity index (χ0n) is 16.6. The molecule has 3 aliphatic heterocycles. The lowest BCUT2D eigenvalue weighted by Crippen LogP contribution is -2.44. The van der Waals surface area contributed by atoms with Crippen LogP contribution < -0.4 is 9.47 Å². The first kappa shape index (κ1) is 24.0. The summed E-state index contributed by atoms with van der Waals surface area (Å²) in [5, 5.41) is 9.34. The van der Waals surface area contributed by atoms with Gasteiger partial charge in [-0.3, -0.25) is 9.80 Å². The molecule has 2 saturated heterocycles. The van der Waals surface area contributed by atoms with Crippen molar-refractivity contribution in [1.29, 1.82) is 0 Å². The molecule has 7 nitrogen and oxygen atoms in total. The summed E-state index contributed by atoms with van der Waals surface area (Å²) in [5.41, 5.74) is 0. The van der Waals surface area contributed by atoms with Crippen LogP contribution in [0.2, 0.25) is 0 Å². The normalized spacial score (nSPS) is 24.4. The monoisotopic (exact) mass is 444 g/mol. The number of cyclic esters (lactones) is 1. The van der Waals surface area contributed by atoms with Gasteiger partial charge in [0.15, 0.2) is 11.5 Å². The predicted octanol–water partition coefficient (Wildman–Crippen LogP) is 1.97. The van der Waals surface area contributed by atoms with E-state index >= 15 is 0 Å². The van der Waals surface area contributed by atoms with Gasteiger partial charge in [-0.15, -0.1) is 0 Å². The molecule has 0 aromatic heterocycles. The fourth-order valence-corrected chi connectivity index (χ4v) is 4.13. The Labute approximate surface area is 186 Å². The third kappa shape index (κ3) is 5.87. The summed E-state index contributed by atoms with van der Waals surface area (Å²) in [4.78, 5) is 15.9. The number of piperidine rings is 1. The van der Waals surface area contributed by atoms with Gasteiger partial charge in [0, 0.05) is 13.1 Å². The minimum atomic E-state index is -0.291. The van der Waals surface area contributed by atoms with Gasteiger partial charge < -0.3 is 19.3 Å². The van der Waals surface area contributed by atoms with E-state index in [1.165, 1.54) is 0 Å². The molecule has 1 N–H and O–H groups in total. The molecule has 0 spiro atoms. The molecule has 0 unspecified atom stereocenters. The number of amides is 1. The maximum atomic E-state index is 11.7. The van der Waals surface area contributed by atoms with E-state index in [-0.39, 0.29) is 51.8 Å². The molecule has 1 aromatic rings. The lowest BCUT2D eigenvalue weighted by atomic mass is 9.93. The van der Waals surface area contributed by atoms with Crippen molar-refractivity contribution in [2.24, 2.45) is 5.92 Å².